The van der Waals surface area contributed by atoms with Crippen LogP contribution in [-0.4, -0.2) is 50.4 Å². The summed E-state index contributed by atoms with van der Waals surface area (Å²) in [5, 5.41) is 5.14. The van der Waals surface area contributed by atoms with Gasteiger partial charge in [-0.25, -0.2) is 17.4 Å². The first-order valence-corrected chi connectivity index (χ1v) is 13.0. The fourth-order valence-corrected chi connectivity index (χ4v) is 5.66. The summed E-state index contributed by atoms with van der Waals surface area (Å²) in [6, 6.07) is 14.5. The standard InChI is InChI=1S/C22H20Cl3N5O5S/c1-13-18(20(33)30(28(13)2)14-8-4-3-5-9-14)27-21(22(23,24)25)26-17(31)12-29-19(32)15-10-6-7-11-16(15)36(29,34)35/h3-11,21,27H,12H2,1-2H3,(H,26,31). The van der Waals surface area contributed by atoms with Crippen LogP contribution in [0.15, 0.2) is 64.3 Å². The summed E-state index contributed by atoms with van der Waals surface area (Å²) in [4.78, 5) is 38.4. The summed E-state index contributed by atoms with van der Waals surface area (Å²) in [6.45, 7) is 0.809. The van der Waals surface area contributed by atoms with Crippen molar-refractivity contribution in [3.05, 3.63) is 76.2 Å². The summed E-state index contributed by atoms with van der Waals surface area (Å²) in [5.41, 5.74) is 0.610. The van der Waals surface area contributed by atoms with Crippen LogP contribution in [0.1, 0.15) is 16.1 Å². The number of hydrogen-bond donors (Lipinski definition) is 2. The first-order valence-electron chi connectivity index (χ1n) is 10.5. The molecule has 1 unspecified atom stereocenters. The van der Waals surface area contributed by atoms with Gasteiger partial charge in [0.2, 0.25) is 9.70 Å². The van der Waals surface area contributed by atoms with Gasteiger partial charge < -0.3 is 10.6 Å². The Kier molecular flexibility index (Phi) is 6.86. The Hall–Kier alpha value is -2.99. The maximum absolute atomic E-state index is 13.2. The molecule has 4 rings (SSSR count). The number of amides is 2. The monoisotopic (exact) mass is 571 g/mol. The topological polar surface area (TPSA) is 123 Å². The molecule has 2 amide bonds. The fourth-order valence-electron chi connectivity index (χ4n) is 3.80. The highest BCUT2D eigenvalue weighted by atomic mass is 35.6. The van der Waals surface area contributed by atoms with E-state index in [-0.39, 0.29) is 16.1 Å². The summed E-state index contributed by atoms with van der Waals surface area (Å²) in [5.74, 6) is -1.77. The second kappa shape index (κ2) is 9.47. The molecule has 0 aliphatic carbocycles. The van der Waals surface area contributed by atoms with E-state index in [2.05, 4.69) is 10.6 Å². The number of alkyl halides is 3. The average Bonchev–Trinajstić information content (AvgIpc) is 3.15. The lowest BCUT2D eigenvalue weighted by Crippen LogP contribution is -2.52. The Morgan fingerprint density at radius 3 is 2.25 bits per heavy atom. The first kappa shape index (κ1) is 26.1. The highest BCUT2D eigenvalue weighted by Gasteiger charge is 2.43. The minimum absolute atomic E-state index is 0.0391. The molecule has 10 nitrogen and oxygen atoms in total. The zero-order chi connectivity index (χ0) is 26.4. The Morgan fingerprint density at radius 1 is 1.03 bits per heavy atom. The Morgan fingerprint density at radius 2 is 1.64 bits per heavy atom. The molecular formula is C22H20Cl3N5O5S. The lowest BCUT2D eigenvalue weighted by Gasteiger charge is -2.27. The van der Waals surface area contributed by atoms with Crippen LogP contribution in [0.4, 0.5) is 5.69 Å². The van der Waals surface area contributed by atoms with Gasteiger partial charge in [-0.1, -0.05) is 65.1 Å². The predicted octanol–water partition coefficient (Wildman–Crippen LogP) is 2.55. The summed E-state index contributed by atoms with van der Waals surface area (Å²) >= 11 is 18.2. The molecule has 0 spiro atoms. The summed E-state index contributed by atoms with van der Waals surface area (Å²) in [7, 11) is -2.55. The molecule has 0 saturated carbocycles. The molecule has 1 aliphatic heterocycles. The number of benzene rings is 2. The minimum Gasteiger partial charge on any atom is -0.356 e. The zero-order valence-corrected chi connectivity index (χ0v) is 22.0. The van der Waals surface area contributed by atoms with E-state index < -0.39 is 43.9 Å². The van der Waals surface area contributed by atoms with Crippen molar-refractivity contribution in [1.82, 2.24) is 19.0 Å². The second-order valence-corrected chi connectivity index (χ2v) is 12.1. The normalized spacial score (nSPS) is 15.5. The van der Waals surface area contributed by atoms with Crippen molar-refractivity contribution in [1.29, 1.82) is 0 Å². The van der Waals surface area contributed by atoms with Gasteiger partial charge in [-0.2, -0.15) is 0 Å². The number of halogens is 3. The largest absolute Gasteiger partial charge is 0.356 e. The molecule has 0 saturated heterocycles. The predicted molar refractivity (Wildman–Crippen MR) is 136 cm³/mol. The van der Waals surface area contributed by atoms with Crippen LogP contribution in [0.2, 0.25) is 0 Å². The molecular weight excluding hydrogens is 553 g/mol. The number of carbonyl (C=O) groups excluding carboxylic acids is 2. The van der Waals surface area contributed by atoms with Crippen LogP contribution < -0.4 is 16.2 Å². The number of fused-ring (bicyclic) bond motifs is 1. The Balaban J connectivity index is 1.59. The number of nitrogens with one attached hydrogen (secondary N) is 2. The molecule has 2 N–H and O–H groups in total. The lowest BCUT2D eigenvalue weighted by atomic mass is 10.2. The molecule has 1 aliphatic rings. The highest BCUT2D eigenvalue weighted by Crippen LogP contribution is 2.32. The third kappa shape index (κ3) is 4.59. The van der Waals surface area contributed by atoms with E-state index in [9.17, 15) is 22.8 Å². The molecule has 3 aromatic rings. The quantitative estimate of drug-likeness (QED) is 0.346. The van der Waals surface area contributed by atoms with E-state index in [4.69, 9.17) is 34.8 Å². The van der Waals surface area contributed by atoms with Crippen molar-refractivity contribution >= 4 is 62.3 Å². The number of aromatic nitrogens is 2. The first-order chi connectivity index (χ1) is 16.8. The number of rotatable bonds is 6. The van der Waals surface area contributed by atoms with E-state index in [1.54, 1.807) is 42.9 Å². The van der Waals surface area contributed by atoms with Gasteiger partial charge in [-0.3, -0.25) is 19.1 Å². The molecule has 0 radical (unpaired) electrons. The van der Waals surface area contributed by atoms with Gasteiger partial charge >= 0.3 is 0 Å². The Bertz CT molecular complexity index is 1510. The van der Waals surface area contributed by atoms with E-state index in [0.29, 0.717) is 15.7 Å². The van der Waals surface area contributed by atoms with Crippen molar-refractivity contribution in [2.75, 3.05) is 11.9 Å². The third-order valence-corrected chi connectivity index (χ3v) is 8.12. The van der Waals surface area contributed by atoms with E-state index in [1.165, 1.54) is 28.9 Å². The number of sulfonamides is 1. The van der Waals surface area contributed by atoms with Crippen molar-refractivity contribution < 1.29 is 18.0 Å². The molecule has 0 fully saturated rings. The number of hydrogen-bond acceptors (Lipinski definition) is 6. The van der Waals surface area contributed by atoms with Crippen LogP contribution >= 0.6 is 34.8 Å². The molecule has 190 valence electrons. The van der Waals surface area contributed by atoms with Crippen LogP contribution in [0.25, 0.3) is 5.69 Å². The molecule has 36 heavy (non-hydrogen) atoms. The van der Waals surface area contributed by atoms with Crippen LogP contribution in [0, 0.1) is 6.92 Å². The van der Waals surface area contributed by atoms with E-state index >= 15 is 0 Å². The molecule has 1 aromatic heterocycles. The van der Waals surface area contributed by atoms with Crippen LogP contribution in [-0.2, 0) is 21.9 Å². The number of carbonyl (C=O) groups is 2. The summed E-state index contributed by atoms with van der Waals surface area (Å²) in [6.07, 6.45) is -1.45. The average molecular weight is 573 g/mol. The SMILES string of the molecule is Cc1c(NC(NC(=O)CN2C(=O)c3ccccc3S2(=O)=O)C(Cl)(Cl)Cl)c(=O)n(-c2ccccc2)n1C. The number of anilines is 1. The van der Waals surface area contributed by atoms with Gasteiger partial charge in [0.1, 0.15) is 23.3 Å². The Labute approximate surface area is 221 Å². The number of para-hydroxylation sites is 1. The maximum atomic E-state index is 13.2. The van der Waals surface area contributed by atoms with E-state index in [1.807, 2.05) is 6.07 Å². The molecule has 0 bridgehead atoms. The van der Waals surface area contributed by atoms with Gasteiger partial charge in [0, 0.05) is 7.05 Å². The molecule has 1 atom stereocenters. The van der Waals surface area contributed by atoms with E-state index in [0.717, 1.165) is 0 Å². The van der Waals surface area contributed by atoms with Crippen molar-refractivity contribution in [3.8, 4) is 5.69 Å². The zero-order valence-electron chi connectivity index (χ0n) is 18.9. The highest BCUT2D eigenvalue weighted by molar-refractivity contribution is 7.90. The summed E-state index contributed by atoms with van der Waals surface area (Å²) < 4.78 is 26.8. The number of nitrogens with zero attached hydrogens (tertiary/aromatic N) is 3. The smallest absolute Gasteiger partial charge is 0.295 e. The van der Waals surface area contributed by atoms with Crippen molar-refractivity contribution in [2.24, 2.45) is 7.05 Å². The van der Waals surface area contributed by atoms with Crippen LogP contribution in [0.5, 0.6) is 0 Å². The maximum Gasteiger partial charge on any atom is 0.295 e. The third-order valence-electron chi connectivity index (χ3n) is 5.67. The lowest BCUT2D eigenvalue weighted by molar-refractivity contribution is -0.121. The van der Waals surface area contributed by atoms with Gasteiger partial charge in [-0.15, -0.1) is 0 Å². The van der Waals surface area contributed by atoms with Gasteiger partial charge in [0.05, 0.1) is 16.9 Å². The molecule has 14 heteroatoms. The molecule has 2 heterocycles. The van der Waals surface area contributed by atoms with Gasteiger partial charge in [0.15, 0.2) is 0 Å². The minimum atomic E-state index is -4.22. The fraction of sp³-hybridized carbons (Fsp3) is 0.227. The second-order valence-electron chi connectivity index (χ2n) is 7.94. The van der Waals surface area contributed by atoms with Crippen LogP contribution in [0.3, 0.4) is 0 Å². The van der Waals surface area contributed by atoms with Crippen molar-refractivity contribution in [2.45, 2.75) is 21.8 Å². The molecule has 2 aromatic carbocycles. The van der Waals surface area contributed by atoms with Gasteiger partial charge in [-0.05, 0) is 31.2 Å². The van der Waals surface area contributed by atoms with Gasteiger partial charge in [0.25, 0.3) is 21.5 Å². The van der Waals surface area contributed by atoms with Crippen molar-refractivity contribution in [3.63, 3.8) is 0 Å².